The molecule has 1 saturated heterocycles. The molecule has 0 aliphatic carbocycles. The number of β-amino-alcohol motifs (C(OH)–C–C–N with tert-alkyl or cyclic N) is 1. The Morgan fingerprint density at radius 1 is 1.65 bits per heavy atom. The molecule has 2 unspecified atom stereocenters. The highest BCUT2D eigenvalue weighted by molar-refractivity contribution is 7.80. The van der Waals surface area contributed by atoms with Gasteiger partial charge in [-0.05, 0) is 26.2 Å². The van der Waals surface area contributed by atoms with Gasteiger partial charge in [0.25, 0.3) is 0 Å². The fraction of sp³-hybridized carbons (Fsp3) is 0.833. The predicted molar refractivity (Wildman–Crippen MR) is 71.6 cm³/mol. The van der Waals surface area contributed by atoms with Gasteiger partial charge in [-0.25, -0.2) is 0 Å². The first-order chi connectivity index (χ1) is 7.87. The average Bonchev–Trinajstić information content (AvgIpc) is 2.23. The normalized spacial score (nSPS) is 26.6. The molecule has 17 heavy (non-hydrogen) atoms. The van der Waals surface area contributed by atoms with Crippen LogP contribution in [-0.2, 0) is 4.79 Å². The van der Waals surface area contributed by atoms with Crippen LogP contribution in [0.2, 0.25) is 0 Å². The standard InChI is InChI=1S/C12H22N2O2S/c1-3-5-9(10(13)17)11(15)14-7-4-6-12(2,16)8-14/h9,16H,3-8H2,1-2H3,(H2,13,17). The van der Waals surface area contributed by atoms with Crippen LogP contribution in [0.4, 0.5) is 0 Å². The largest absolute Gasteiger partial charge is 0.393 e. The monoisotopic (exact) mass is 258 g/mol. The number of likely N-dealkylation sites (tertiary alicyclic amines) is 1. The van der Waals surface area contributed by atoms with Crippen molar-refractivity contribution in [3.05, 3.63) is 0 Å². The zero-order valence-corrected chi connectivity index (χ0v) is 11.4. The fourth-order valence-corrected chi connectivity index (χ4v) is 2.52. The molecule has 0 bridgehead atoms. The van der Waals surface area contributed by atoms with Crippen molar-refractivity contribution in [3.8, 4) is 0 Å². The zero-order chi connectivity index (χ0) is 13.1. The topological polar surface area (TPSA) is 66.6 Å². The van der Waals surface area contributed by atoms with E-state index in [4.69, 9.17) is 18.0 Å². The molecule has 1 heterocycles. The SMILES string of the molecule is CCCC(C(=O)N1CCCC(C)(O)C1)C(N)=S. The first kappa shape index (κ1) is 14.4. The second-order valence-electron chi connectivity index (χ2n) is 5.10. The summed E-state index contributed by atoms with van der Waals surface area (Å²) in [5, 5.41) is 9.99. The van der Waals surface area contributed by atoms with Crippen molar-refractivity contribution >= 4 is 23.1 Å². The zero-order valence-electron chi connectivity index (χ0n) is 10.6. The molecule has 5 heteroatoms. The number of nitrogens with two attached hydrogens (primary N) is 1. The van der Waals surface area contributed by atoms with Gasteiger partial charge in [-0.15, -0.1) is 0 Å². The van der Waals surface area contributed by atoms with Crippen molar-refractivity contribution in [3.63, 3.8) is 0 Å². The molecule has 0 aromatic carbocycles. The van der Waals surface area contributed by atoms with E-state index in [2.05, 4.69) is 0 Å². The Balaban J connectivity index is 2.70. The highest BCUT2D eigenvalue weighted by Gasteiger charge is 2.34. The van der Waals surface area contributed by atoms with Gasteiger partial charge in [-0.2, -0.15) is 0 Å². The van der Waals surface area contributed by atoms with Crippen molar-refractivity contribution in [2.75, 3.05) is 13.1 Å². The third kappa shape index (κ3) is 3.92. The third-order valence-corrected chi connectivity index (χ3v) is 3.49. The summed E-state index contributed by atoms with van der Waals surface area (Å²) >= 11 is 4.95. The second-order valence-corrected chi connectivity index (χ2v) is 5.58. The minimum Gasteiger partial charge on any atom is -0.393 e. The average molecular weight is 258 g/mol. The number of carbonyl (C=O) groups excluding carboxylic acids is 1. The number of amides is 1. The molecule has 0 spiro atoms. The number of nitrogens with zero attached hydrogens (tertiary/aromatic N) is 1. The van der Waals surface area contributed by atoms with Gasteiger partial charge in [0.2, 0.25) is 5.91 Å². The number of thiocarbonyl (C=S) groups is 1. The van der Waals surface area contributed by atoms with Crippen molar-refractivity contribution in [2.24, 2.45) is 11.7 Å². The molecule has 1 fully saturated rings. The van der Waals surface area contributed by atoms with E-state index in [0.717, 1.165) is 19.3 Å². The summed E-state index contributed by atoms with van der Waals surface area (Å²) in [6, 6.07) is 0. The van der Waals surface area contributed by atoms with Crippen LogP contribution in [0.15, 0.2) is 0 Å². The van der Waals surface area contributed by atoms with Crippen molar-refractivity contribution in [1.82, 2.24) is 4.90 Å². The van der Waals surface area contributed by atoms with E-state index in [1.807, 2.05) is 6.92 Å². The van der Waals surface area contributed by atoms with Gasteiger partial charge in [0.15, 0.2) is 0 Å². The maximum atomic E-state index is 12.3. The van der Waals surface area contributed by atoms with E-state index in [1.54, 1.807) is 11.8 Å². The molecule has 1 amide bonds. The fourth-order valence-electron chi connectivity index (χ4n) is 2.30. The highest BCUT2D eigenvalue weighted by Crippen LogP contribution is 2.22. The Morgan fingerprint density at radius 2 is 2.29 bits per heavy atom. The molecule has 1 aliphatic rings. The van der Waals surface area contributed by atoms with Gasteiger partial charge >= 0.3 is 0 Å². The molecule has 0 radical (unpaired) electrons. The molecular weight excluding hydrogens is 236 g/mol. The minimum absolute atomic E-state index is 0.0284. The molecule has 1 aliphatic heterocycles. The number of hydrogen-bond donors (Lipinski definition) is 2. The van der Waals surface area contributed by atoms with Gasteiger partial charge in [-0.1, -0.05) is 25.6 Å². The Kier molecular flexibility index (Phi) is 4.89. The highest BCUT2D eigenvalue weighted by atomic mass is 32.1. The van der Waals surface area contributed by atoms with Crippen LogP contribution < -0.4 is 5.73 Å². The van der Waals surface area contributed by atoms with Gasteiger partial charge < -0.3 is 15.7 Å². The lowest BCUT2D eigenvalue weighted by atomic mass is 9.93. The molecule has 0 aromatic rings. The van der Waals surface area contributed by atoms with Crippen molar-refractivity contribution in [1.29, 1.82) is 0 Å². The molecule has 1 rings (SSSR count). The molecule has 0 saturated carbocycles. The molecule has 4 nitrogen and oxygen atoms in total. The van der Waals surface area contributed by atoms with E-state index in [-0.39, 0.29) is 16.8 Å². The van der Waals surface area contributed by atoms with E-state index in [1.165, 1.54) is 0 Å². The van der Waals surface area contributed by atoms with Gasteiger partial charge in [0, 0.05) is 13.1 Å². The lowest BCUT2D eigenvalue weighted by molar-refractivity contribution is -0.139. The lowest BCUT2D eigenvalue weighted by Crippen LogP contribution is -2.51. The summed E-state index contributed by atoms with van der Waals surface area (Å²) < 4.78 is 0. The van der Waals surface area contributed by atoms with Crippen LogP contribution in [0.1, 0.15) is 39.5 Å². The van der Waals surface area contributed by atoms with E-state index in [0.29, 0.717) is 19.5 Å². The molecule has 98 valence electrons. The van der Waals surface area contributed by atoms with Crippen LogP contribution in [0, 0.1) is 5.92 Å². The predicted octanol–water partition coefficient (Wildman–Crippen LogP) is 1.06. The number of hydrogen-bond acceptors (Lipinski definition) is 3. The van der Waals surface area contributed by atoms with Crippen molar-refractivity contribution < 1.29 is 9.90 Å². The lowest BCUT2D eigenvalue weighted by Gasteiger charge is -2.38. The summed E-state index contributed by atoms with van der Waals surface area (Å²) in [5.74, 6) is -0.400. The summed E-state index contributed by atoms with van der Waals surface area (Å²) in [6.07, 6.45) is 3.13. The maximum Gasteiger partial charge on any atom is 0.232 e. The Hall–Kier alpha value is -0.680. The van der Waals surface area contributed by atoms with Gasteiger partial charge in [0.1, 0.15) is 0 Å². The summed E-state index contributed by atoms with van der Waals surface area (Å²) in [5.41, 5.74) is 4.84. The minimum atomic E-state index is -0.777. The van der Waals surface area contributed by atoms with Crippen LogP contribution in [0.25, 0.3) is 0 Å². The smallest absolute Gasteiger partial charge is 0.232 e. The number of aliphatic hydroxyl groups is 1. The number of piperidine rings is 1. The molecule has 3 N–H and O–H groups in total. The first-order valence-electron chi connectivity index (χ1n) is 6.18. The first-order valence-corrected chi connectivity index (χ1v) is 6.58. The molecule has 0 aromatic heterocycles. The van der Waals surface area contributed by atoms with Gasteiger partial charge in [-0.3, -0.25) is 4.79 Å². The van der Waals surface area contributed by atoms with Crippen LogP contribution >= 0.6 is 12.2 Å². The summed E-state index contributed by atoms with van der Waals surface area (Å²) in [6.45, 7) is 4.85. The van der Waals surface area contributed by atoms with E-state index < -0.39 is 5.60 Å². The number of rotatable bonds is 4. The van der Waals surface area contributed by atoms with Crippen LogP contribution in [0.3, 0.4) is 0 Å². The summed E-state index contributed by atoms with van der Waals surface area (Å²) in [4.78, 5) is 14.2. The van der Waals surface area contributed by atoms with Crippen LogP contribution in [-0.4, -0.2) is 39.6 Å². The molecular formula is C12H22N2O2S. The third-order valence-electron chi connectivity index (χ3n) is 3.21. The van der Waals surface area contributed by atoms with Gasteiger partial charge in [0.05, 0.1) is 16.5 Å². The Morgan fingerprint density at radius 3 is 2.76 bits per heavy atom. The van der Waals surface area contributed by atoms with Crippen LogP contribution in [0.5, 0.6) is 0 Å². The Labute approximate surface area is 108 Å². The quantitative estimate of drug-likeness (QED) is 0.740. The van der Waals surface area contributed by atoms with E-state index >= 15 is 0 Å². The maximum absolute atomic E-state index is 12.3. The molecule has 2 atom stereocenters. The number of carbonyl (C=O) groups is 1. The Bertz CT molecular complexity index is 305. The van der Waals surface area contributed by atoms with Crippen molar-refractivity contribution in [2.45, 2.75) is 45.1 Å². The summed E-state index contributed by atoms with van der Waals surface area (Å²) in [7, 11) is 0. The van der Waals surface area contributed by atoms with E-state index in [9.17, 15) is 9.90 Å². The second kappa shape index (κ2) is 5.78.